The van der Waals surface area contributed by atoms with Crippen LogP contribution in [0, 0.1) is 0 Å². The molecule has 1 aromatic carbocycles. The molecule has 1 fully saturated rings. The molecule has 14 heteroatoms. The van der Waals surface area contributed by atoms with Crippen molar-refractivity contribution in [1.29, 1.82) is 0 Å². The van der Waals surface area contributed by atoms with Crippen molar-refractivity contribution >= 4 is 11.0 Å². The highest BCUT2D eigenvalue weighted by Gasteiger charge is 2.41. The van der Waals surface area contributed by atoms with Crippen LogP contribution in [0.2, 0.25) is 0 Å². The highest BCUT2D eigenvalue weighted by molar-refractivity contribution is 5.84. The van der Waals surface area contributed by atoms with Crippen LogP contribution in [-0.2, 0) is 38.8 Å². The van der Waals surface area contributed by atoms with Crippen molar-refractivity contribution in [3.63, 3.8) is 0 Å². The van der Waals surface area contributed by atoms with E-state index in [0.717, 1.165) is 48.4 Å². The first-order valence-corrected chi connectivity index (χ1v) is 13.4. The highest BCUT2D eigenvalue weighted by Crippen LogP contribution is 2.46. The molecule has 0 atom stereocenters. The van der Waals surface area contributed by atoms with Gasteiger partial charge in [0.2, 0.25) is 0 Å². The van der Waals surface area contributed by atoms with Gasteiger partial charge in [-0.3, -0.25) is 0 Å². The van der Waals surface area contributed by atoms with Gasteiger partial charge in [0.25, 0.3) is 0 Å². The SMILES string of the molecule is Cn1cc(C(F)(F)F)nc1-c1ccc(Cn2nc3c4c(nc(-c5c(C6CC6)ncnc5C(F)(F)F)nc42)CCC3)cc1. The Bertz CT molecular complexity index is 1830. The third-order valence-corrected chi connectivity index (χ3v) is 7.61. The fourth-order valence-corrected chi connectivity index (χ4v) is 5.52. The van der Waals surface area contributed by atoms with Gasteiger partial charge in [0.1, 0.15) is 12.2 Å². The Labute approximate surface area is 234 Å². The minimum Gasteiger partial charge on any atom is -0.333 e. The Morgan fingerprint density at radius 3 is 2.29 bits per heavy atom. The van der Waals surface area contributed by atoms with E-state index < -0.39 is 23.7 Å². The van der Waals surface area contributed by atoms with Crippen LogP contribution in [-0.4, -0.2) is 39.3 Å². The molecule has 0 saturated heterocycles. The van der Waals surface area contributed by atoms with E-state index in [1.807, 2.05) is 0 Å². The lowest BCUT2D eigenvalue weighted by Crippen LogP contribution is -2.15. The van der Waals surface area contributed by atoms with Crippen molar-refractivity contribution in [3.8, 4) is 22.8 Å². The van der Waals surface area contributed by atoms with Crippen molar-refractivity contribution in [2.75, 3.05) is 0 Å². The number of hydrogen-bond acceptors (Lipinski definition) is 6. The Hall–Kier alpha value is -4.36. The molecule has 4 heterocycles. The molecule has 0 aliphatic heterocycles. The summed E-state index contributed by atoms with van der Waals surface area (Å²) in [6.07, 6.45) is -3.87. The lowest BCUT2D eigenvalue weighted by atomic mass is 10.00. The predicted molar refractivity (Wildman–Crippen MR) is 138 cm³/mol. The van der Waals surface area contributed by atoms with Gasteiger partial charge in [0.05, 0.1) is 34.6 Å². The molecule has 0 unspecified atom stereocenters. The molecule has 5 aromatic rings. The molecule has 2 aliphatic carbocycles. The van der Waals surface area contributed by atoms with Gasteiger partial charge < -0.3 is 4.57 Å². The Morgan fingerprint density at radius 2 is 1.62 bits per heavy atom. The number of hydrogen-bond donors (Lipinski definition) is 0. The van der Waals surface area contributed by atoms with Crippen LogP contribution in [0.25, 0.3) is 33.8 Å². The molecule has 4 aromatic heterocycles. The Kier molecular flexibility index (Phi) is 5.89. The van der Waals surface area contributed by atoms with Gasteiger partial charge in [-0.05, 0) is 37.7 Å². The van der Waals surface area contributed by atoms with Gasteiger partial charge in [-0.15, -0.1) is 0 Å². The van der Waals surface area contributed by atoms with E-state index in [2.05, 4.69) is 24.9 Å². The van der Waals surface area contributed by atoms with E-state index >= 15 is 0 Å². The van der Waals surface area contributed by atoms with E-state index in [0.29, 0.717) is 35.4 Å². The maximum absolute atomic E-state index is 14.1. The third kappa shape index (κ3) is 4.58. The summed E-state index contributed by atoms with van der Waals surface area (Å²) in [5.41, 5.74) is 1.24. The van der Waals surface area contributed by atoms with Gasteiger partial charge >= 0.3 is 12.4 Å². The minimum absolute atomic E-state index is 0.0625. The van der Waals surface area contributed by atoms with Crippen LogP contribution in [0.4, 0.5) is 26.3 Å². The average Bonchev–Trinajstić information content (AvgIpc) is 3.63. The molecule has 8 nitrogen and oxygen atoms in total. The molecule has 0 bridgehead atoms. The number of aromatic nitrogens is 8. The third-order valence-electron chi connectivity index (χ3n) is 7.61. The summed E-state index contributed by atoms with van der Waals surface area (Å²) in [5.74, 6) is 0.0165. The Morgan fingerprint density at radius 1 is 0.881 bits per heavy atom. The summed E-state index contributed by atoms with van der Waals surface area (Å²) in [4.78, 5) is 20.8. The molecule has 216 valence electrons. The molecule has 0 spiro atoms. The normalized spacial score (nSPS) is 15.5. The number of aryl methyl sites for hydroxylation is 3. The molecule has 42 heavy (non-hydrogen) atoms. The van der Waals surface area contributed by atoms with Crippen LogP contribution >= 0.6 is 0 Å². The zero-order valence-electron chi connectivity index (χ0n) is 22.1. The van der Waals surface area contributed by atoms with Crippen LogP contribution in [0.15, 0.2) is 36.8 Å². The summed E-state index contributed by atoms with van der Waals surface area (Å²) in [6.45, 7) is 0.244. The van der Waals surface area contributed by atoms with Crippen molar-refractivity contribution in [2.24, 2.45) is 7.05 Å². The molecule has 7 rings (SSSR count). The fraction of sp³-hybridized carbons (Fsp3) is 0.357. The largest absolute Gasteiger partial charge is 0.434 e. The molecule has 1 saturated carbocycles. The van der Waals surface area contributed by atoms with Crippen molar-refractivity contribution in [3.05, 3.63) is 70.8 Å². The zero-order valence-corrected chi connectivity index (χ0v) is 22.1. The number of halogens is 6. The van der Waals surface area contributed by atoms with Crippen molar-refractivity contribution < 1.29 is 26.3 Å². The standard InChI is InChI=1S/C28H22F6N8/c1-41-12-19(27(29,30)31)38-25(41)16-7-5-14(6-8-16)11-42-26-20-17(3-2-4-18(20)40-42)37-24(39-26)21-22(15-9-10-15)35-13-36-23(21)28(32,33)34/h5-8,12-13,15H,2-4,9-11H2,1H3. The zero-order chi connectivity index (χ0) is 29.4. The van der Waals surface area contributed by atoms with E-state index in [9.17, 15) is 26.3 Å². The topological polar surface area (TPSA) is 87.2 Å². The second kappa shape index (κ2) is 9.33. The average molecular weight is 585 g/mol. The van der Waals surface area contributed by atoms with E-state index in [1.165, 1.54) is 11.6 Å². The summed E-state index contributed by atoms with van der Waals surface area (Å²) in [6, 6.07) is 6.86. The second-order valence-corrected chi connectivity index (χ2v) is 10.7. The van der Waals surface area contributed by atoms with E-state index in [-0.39, 0.29) is 29.7 Å². The minimum atomic E-state index is -4.71. The maximum atomic E-state index is 14.1. The summed E-state index contributed by atoms with van der Waals surface area (Å²) < 4.78 is 84.6. The number of imidazole rings is 1. The smallest absolute Gasteiger partial charge is 0.333 e. The molecule has 0 amide bonds. The van der Waals surface area contributed by atoms with Crippen LogP contribution in [0.1, 0.15) is 59.2 Å². The fourth-order valence-electron chi connectivity index (χ4n) is 5.52. The summed E-state index contributed by atoms with van der Waals surface area (Å²) in [7, 11) is 1.50. The number of benzene rings is 1. The van der Waals surface area contributed by atoms with Gasteiger partial charge in [-0.25, -0.2) is 29.6 Å². The second-order valence-electron chi connectivity index (χ2n) is 10.7. The first-order valence-electron chi connectivity index (χ1n) is 13.4. The van der Waals surface area contributed by atoms with Gasteiger partial charge in [0.15, 0.2) is 22.9 Å². The van der Waals surface area contributed by atoms with Gasteiger partial charge in [-0.2, -0.15) is 31.4 Å². The first kappa shape index (κ1) is 26.5. The quantitative estimate of drug-likeness (QED) is 0.231. The molecular weight excluding hydrogens is 562 g/mol. The summed E-state index contributed by atoms with van der Waals surface area (Å²) >= 11 is 0. The highest BCUT2D eigenvalue weighted by atomic mass is 19.4. The van der Waals surface area contributed by atoms with Crippen LogP contribution < -0.4 is 0 Å². The number of rotatable bonds is 5. The van der Waals surface area contributed by atoms with Gasteiger partial charge in [-0.1, -0.05) is 24.3 Å². The van der Waals surface area contributed by atoms with Crippen LogP contribution in [0.5, 0.6) is 0 Å². The first-order chi connectivity index (χ1) is 20.0. The number of alkyl halides is 6. The lowest BCUT2D eigenvalue weighted by molar-refractivity contribution is -0.141. The van der Waals surface area contributed by atoms with E-state index in [1.54, 1.807) is 28.9 Å². The predicted octanol–water partition coefficient (Wildman–Crippen LogP) is 6.14. The maximum Gasteiger partial charge on any atom is 0.434 e. The summed E-state index contributed by atoms with van der Waals surface area (Å²) in [5, 5.41) is 5.48. The molecule has 0 radical (unpaired) electrons. The van der Waals surface area contributed by atoms with Crippen molar-refractivity contribution in [2.45, 2.75) is 56.9 Å². The van der Waals surface area contributed by atoms with Crippen LogP contribution in [0.3, 0.4) is 0 Å². The monoisotopic (exact) mass is 584 g/mol. The molecule has 2 aliphatic rings. The lowest BCUT2D eigenvalue weighted by Gasteiger charge is -2.16. The molecular formula is C28H22F6N8. The van der Waals surface area contributed by atoms with Gasteiger partial charge in [0, 0.05) is 24.7 Å². The van der Waals surface area contributed by atoms with E-state index in [4.69, 9.17) is 5.10 Å². The molecule has 0 N–H and O–H groups in total. The number of nitrogens with zero attached hydrogens (tertiary/aromatic N) is 8. The Balaban J connectivity index is 1.29. The van der Waals surface area contributed by atoms with Crippen molar-refractivity contribution in [1.82, 2.24) is 39.3 Å².